The summed E-state index contributed by atoms with van der Waals surface area (Å²) in [5.74, 6) is -0.337. The van der Waals surface area contributed by atoms with Crippen molar-refractivity contribution in [1.82, 2.24) is 0 Å². The predicted molar refractivity (Wildman–Crippen MR) is 87.2 cm³/mol. The second kappa shape index (κ2) is 6.14. The molecule has 3 heteroatoms. The quantitative estimate of drug-likeness (QED) is 0.621. The summed E-state index contributed by atoms with van der Waals surface area (Å²) in [7, 11) is 0. The molecule has 0 bridgehead atoms. The molecular weight excluding hydrogens is 276 g/mol. The van der Waals surface area contributed by atoms with Crippen LogP contribution < -0.4 is 0 Å². The summed E-state index contributed by atoms with van der Waals surface area (Å²) in [6.07, 6.45) is 0.827. The summed E-state index contributed by atoms with van der Waals surface area (Å²) in [4.78, 5) is 23.0. The molecule has 2 rings (SSSR count). The van der Waals surface area contributed by atoms with Crippen molar-refractivity contribution in [3.8, 4) is 11.1 Å². The number of hydrogen-bond donors (Lipinski definition) is 0. The largest absolute Gasteiger partial charge is 0.456 e. The van der Waals surface area contributed by atoms with Gasteiger partial charge in [-0.15, -0.1) is 0 Å². The van der Waals surface area contributed by atoms with Gasteiger partial charge in [-0.2, -0.15) is 0 Å². The van der Waals surface area contributed by atoms with E-state index in [-0.39, 0.29) is 5.97 Å². The molecule has 114 valence electrons. The van der Waals surface area contributed by atoms with E-state index in [0.29, 0.717) is 11.1 Å². The first kappa shape index (κ1) is 16.0. The highest BCUT2D eigenvalue weighted by atomic mass is 16.6. The van der Waals surface area contributed by atoms with E-state index in [1.54, 1.807) is 12.1 Å². The van der Waals surface area contributed by atoms with Crippen LogP contribution in [0, 0.1) is 6.92 Å². The van der Waals surface area contributed by atoms with Crippen LogP contribution in [-0.4, -0.2) is 17.9 Å². The smallest absolute Gasteiger partial charge is 0.338 e. The van der Waals surface area contributed by atoms with Gasteiger partial charge in [-0.25, -0.2) is 4.79 Å². The molecule has 0 saturated heterocycles. The Bertz CT molecular complexity index is 709. The van der Waals surface area contributed by atoms with E-state index in [1.807, 2.05) is 58.0 Å². The van der Waals surface area contributed by atoms with Crippen LogP contribution in [-0.2, 0) is 4.74 Å². The van der Waals surface area contributed by atoms with Crippen molar-refractivity contribution >= 4 is 12.3 Å². The molecule has 0 saturated carbocycles. The first-order valence-corrected chi connectivity index (χ1v) is 7.20. The molecule has 0 unspecified atom stereocenters. The highest BCUT2D eigenvalue weighted by molar-refractivity contribution is 5.91. The zero-order chi connectivity index (χ0) is 16.3. The number of esters is 1. The standard InChI is InChI=1S/C19H20O3/c1-13-10-14(12-20)8-9-17(13)15-6-5-7-16(11-15)18(21)22-19(2,3)4/h5-12H,1-4H3. The summed E-state index contributed by atoms with van der Waals surface area (Å²) >= 11 is 0. The molecule has 22 heavy (non-hydrogen) atoms. The Balaban J connectivity index is 2.36. The van der Waals surface area contributed by atoms with Crippen LogP contribution in [0.1, 0.15) is 47.1 Å². The predicted octanol–water partition coefficient (Wildman–Crippen LogP) is 4.43. The van der Waals surface area contributed by atoms with Gasteiger partial charge in [-0.1, -0.05) is 24.3 Å². The number of rotatable bonds is 3. The highest BCUT2D eigenvalue weighted by Crippen LogP contribution is 2.25. The summed E-state index contributed by atoms with van der Waals surface area (Å²) in [5, 5.41) is 0. The number of benzene rings is 2. The zero-order valence-electron chi connectivity index (χ0n) is 13.3. The summed E-state index contributed by atoms with van der Waals surface area (Å²) in [6, 6.07) is 12.8. The van der Waals surface area contributed by atoms with Crippen LogP contribution >= 0.6 is 0 Å². The monoisotopic (exact) mass is 296 g/mol. The molecule has 0 spiro atoms. The van der Waals surface area contributed by atoms with E-state index in [4.69, 9.17) is 4.74 Å². The Labute approximate surface area is 130 Å². The molecule has 2 aromatic carbocycles. The molecule has 0 aliphatic carbocycles. The molecule has 3 nitrogen and oxygen atoms in total. The van der Waals surface area contributed by atoms with Gasteiger partial charge >= 0.3 is 5.97 Å². The van der Waals surface area contributed by atoms with Crippen LogP contribution in [0.2, 0.25) is 0 Å². The molecule has 0 N–H and O–H groups in total. The fourth-order valence-electron chi connectivity index (χ4n) is 2.23. The molecule has 0 aromatic heterocycles. The summed E-state index contributed by atoms with van der Waals surface area (Å²) in [6.45, 7) is 7.48. The van der Waals surface area contributed by atoms with E-state index in [2.05, 4.69) is 0 Å². The minimum Gasteiger partial charge on any atom is -0.456 e. The van der Waals surface area contributed by atoms with E-state index >= 15 is 0 Å². The molecule has 0 aliphatic heterocycles. The van der Waals surface area contributed by atoms with Crippen LogP contribution in [0.4, 0.5) is 0 Å². The minimum atomic E-state index is -0.519. The van der Waals surface area contributed by atoms with E-state index in [9.17, 15) is 9.59 Å². The van der Waals surface area contributed by atoms with Crippen molar-refractivity contribution in [3.63, 3.8) is 0 Å². The lowest BCUT2D eigenvalue weighted by Crippen LogP contribution is -2.23. The first-order chi connectivity index (χ1) is 10.3. The minimum absolute atomic E-state index is 0.337. The van der Waals surface area contributed by atoms with Gasteiger partial charge in [0.2, 0.25) is 0 Å². The van der Waals surface area contributed by atoms with Gasteiger partial charge in [0.05, 0.1) is 5.56 Å². The zero-order valence-corrected chi connectivity index (χ0v) is 13.3. The Kier molecular flexibility index (Phi) is 4.45. The van der Waals surface area contributed by atoms with Gasteiger partial charge < -0.3 is 4.74 Å². The van der Waals surface area contributed by atoms with Crippen LogP contribution in [0.25, 0.3) is 11.1 Å². The van der Waals surface area contributed by atoms with Crippen molar-refractivity contribution in [1.29, 1.82) is 0 Å². The molecule has 0 aliphatic rings. The average Bonchev–Trinajstić information content (AvgIpc) is 2.45. The second-order valence-corrected chi connectivity index (χ2v) is 6.27. The maximum absolute atomic E-state index is 12.2. The lowest BCUT2D eigenvalue weighted by atomic mass is 9.97. The topological polar surface area (TPSA) is 43.4 Å². The number of ether oxygens (including phenoxy) is 1. The molecule has 0 heterocycles. The Morgan fingerprint density at radius 3 is 2.41 bits per heavy atom. The number of aldehydes is 1. The van der Waals surface area contributed by atoms with Gasteiger partial charge in [0, 0.05) is 5.56 Å². The Hall–Kier alpha value is -2.42. The van der Waals surface area contributed by atoms with Crippen molar-refractivity contribution in [2.75, 3.05) is 0 Å². The maximum atomic E-state index is 12.2. The number of carbonyl (C=O) groups is 2. The lowest BCUT2D eigenvalue weighted by Gasteiger charge is -2.19. The van der Waals surface area contributed by atoms with Gasteiger partial charge in [0.25, 0.3) is 0 Å². The molecule has 0 amide bonds. The second-order valence-electron chi connectivity index (χ2n) is 6.27. The maximum Gasteiger partial charge on any atom is 0.338 e. The number of aryl methyl sites for hydroxylation is 1. The molecular formula is C19H20O3. The molecule has 0 atom stereocenters. The van der Waals surface area contributed by atoms with E-state index in [1.165, 1.54) is 0 Å². The van der Waals surface area contributed by atoms with Crippen molar-refractivity contribution in [2.24, 2.45) is 0 Å². The van der Waals surface area contributed by atoms with Crippen molar-refractivity contribution in [2.45, 2.75) is 33.3 Å². The summed E-state index contributed by atoms with van der Waals surface area (Å²) in [5.41, 5.74) is 3.56. The number of hydrogen-bond acceptors (Lipinski definition) is 3. The van der Waals surface area contributed by atoms with Gasteiger partial charge in [-0.3, -0.25) is 4.79 Å². The van der Waals surface area contributed by atoms with E-state index < -0.39 is 5.60 Å². The third-order valence-electron chi connectivity index (χ3n) is 3.19. The SMILES string of the molecule is Cc1cc(C=O)ccc1-c1cccc(C(=O)OC(C)(C)C)c1. The van der Waals surface area contributed by atoms with Crippen molar-refractivity contribution in [3.05, 3.63) is 59.2 Å². The van der Waals surface area contributed by atoms with Gasteiger partial charge in [0.15, 0.2) is 0 Å². The number of carbonyl (C=O) groups excluding carboxylic acids is 2. The molecule has 2 aromatic rings. The fourth-order valence-corrected chi connectivity index (χ4v) is 2.23. The molecule has 0 radical (unpaired) electrons. The highest BCUT2D eigenvalue weighted by Gasteiger charge is 2.18. The normalized spacial score (nSPS) is 11.1. The van der Waals surface area contributed by atoms with Crippen LogP contribution in [0.3, 0.4) is 0 Å². The third kappa shape index (κ3) is 3.82. The van der Waals surface area contributed by atoms with E-state index in [0.717, 1.165) is 23.0 Å². The summed E-state index contributed by atoms with van der Waals surface area (Å²) < 4.78 is 5.40. The Morgan fingerprint density at radius 2 is 1.82 bits per heavy atom. The first-order valence-electron chi connectivity index (χ1n) is 7.20. The van der Waals surface area contributed by atoms with Crippen molar-refractivity contribution < 1.29 is 14.3 Å². The third-order valence-corrected chi connectivity index (χ3v) is 3.19. The van der Waals surface area contributed by atoms with Gasteiger partial charge in [-0.05, 0) is 62.6 Å². The fraction of sp³-hybridized carbons (Fsp3) is 0.263. The molecule has 0 fully saturated rings. The van der Waals surface area contributed by atoms with Crippen LogP contribution in [0.15, 0.2) is 42.5 Å². The lowest BCUT2D eigenvalue weighted by molar-refractivity contribution is 0.00695. The average molecular weight is 296 g/mol. The Morgan fingerprint density at radius 1 is 1.09 bits per heavy atom. The van der Waals surface area contributed by atoms with Crippen LogP contribution in [0.5, 0.6) is 0 Å². The van der Waals surface area contributed by atoms with Gasteiger partial charge in [0.1, 0.15) is 11.9 Å².